The Hall–Kier alpha value is -1.85. The lowest BCUT2D eigenvalue weighted by Crippen LogP contribution is -2.29. The summed E-state index contributed by atoms with van der Waals surface area (Å²) in [5.41, 5.74) is 3.67. The Morgan fingerprint density at radius 1 is 1.26 bits per heavy atom. The second kappa shape index (κ2) is 7.28. The Bertz CT molecular complexity index is 989. The largest absolute Gasteiger partial charge is 0.465 e. The maximum Gasteiger partial charge on any atom is 0.322 e. The van der Waals surface area contributed by atoms with Crippen LogP contribution in [0.2, 0.25) is 0 Å². The van der Waals surface area contributed by atoms with E-state index in [-0.39, 0.29) is 5.97 Å². The fourth-order valence-electron chi connectivity index (χ4n) is 3.17. The summed E-state index contributed by atoms with van der Waals surface area (Å²) in [5.74, 6) is 0.552. The van der Waals surface area contributed by atoms with Crippen molar-refractivity contribution in [1.29, 1.82) is 0 Å². The Labute approximate surface area is 168 Å². The van der Waals surface area contributed by atoms with Gasteiger partial charge in [-0.25, -0.2) is 0 Å². The van der Waals surface area contributed by atoms with Crippen LogP contribution in [-0.2, 0) is 9.53 Å². The van der Waals surface area contributed by atoms with Crippen molar-refractivity contribution in [3.63, 3.8) is 0 Å². The second-order valence-corrected chi connectivity index (χ2v) is 10.4. The summed E-state index contributed by atoms with van der Waals surface area (Å²) >= 11 is 3.28. The average Bonchev–Trinajstić information content (AvgIpc) is 3.41. The van der Waals surface area contributed by atoms with Crippen molar-refractivity contribution in [2.45, 2.75) is 48.5 Å². The normalized spacial score (nSPS) is 14.5. The number of aromatic nitrogens is 1. The van der Waals surface area contributed by atoms with E-state index in [1.54, 1.807) is 23.1 Å². The fraction of sp³-hybridized carbons (Fsp3) is 0.364. The molecular weight excluding hydrogens is 374 g/mol. The molecule has 0 aliphatic heterocycles. The maximum atomic E-state index is 12.2. The van der Waals surface area contributed by atoms with E-state index in [0.717, 1.165) is 15.6 Å². The van der Waals surface area contributed by atoms with Gasteiger partial charge in [0.05, 0.1) is 16.3 Å². The number of ether oxygens (including phenoxy) is 1. The van der Waals surface area contributed by atoms with Crippen LogP contribution in [-0.4, -0.2) is 22.3 Å². The highest BCUT2D eigenvalue weighted by Gasteiger charge is 2.31. The van der Waals surface area contributed by atoms with Crippen LogP contribution in [0.5, 0.6) is 0 Å². The van der Waals surface area contributed by atoms with E-state index in [2.05, 4.69) is 41.4 Å². The van der Waals surface area contributed by atoms with E-state index in [4.69, 9.17) is 4.74 Å². The predicted octanol–water partition coefficient (Wildman–Crippen LogP) is 6.27. The van der Waals surface area contributed by atoms with Gasteiger partial charge in [0.15, 0.2) is 0 Å². The highest BCUT2D eigenvalue weighted by atomic mass is 32.2. The maximum absolute atomic E-state index is 12.2. The minimum absolute atomic E-state index is 0.173. The number of thiophene rings is 1. The number of rotatable bonds is 6. The molecule has 0 atom stereocenters. The molecule has 0 radical (unpaired) electrons. The number of fused-ring (bicyclic) bond motifs is 1. The molecule has 2 heterocycles. The van der Waals surface area contributed by atoms with E-state index < -0.39 is 4.75 Å². The van der Waals surface area contributed by atoms with Gasteiger partial charge in [0.1, 0.15) is 4.75 Å². The smallest absolute Gasteiger partial charge is 0.322 e. The van der Waals surface area contributed by atoms with Crippen LogP contribution in [0.25, 0.3) is 21.3 Å². The third kappa shape index (κ3) is 3.90. The Balaban J connectivity index is 1.65. The molecule has 2 aromatic heterocycles. The number of carbonyl (C=O) groups excluding carboxylic acids is 1. The lowest BCUT2D eigenvalue weighted by Gasteiger charge is -2.20. The molecule has 0 bridgehead atoms. The van der Waals surface area contributed by atoms with Crippen LogP contribution < -0.4 is 0 Å². The lowest BCUT2D eigenvalue weighted by molar-refractivity contribution is -0.145. The number of esters is 1. The molecule has 27 heavy (non-hydrogen) atoms. The minimum Gasteiger partial charge on any atom is -0.465 e. The molecule has 0 unspecified atom stereocenters. The molecule has 1 aromatic carbocycles. The number of hydrogen-bond acceptors (Lipinski definition) is 5. The molecular formula is C22H23NO2S2. The van der Waals surface area contributed by atoms with E-state index in [1.165, 1.54) is 34.2 Å². The van der Waals surface area contributed by atoms with Gasteiger partial charge in [0.25, 0.3) is 0 Å². The molecule has 0 spiro atoms. The third-order valence-electron chi connectivity index (χ3n) is 4.78. The Kier molecular flexibility index (Phi) is 4.99. The first-order valence-corrected chi connectivity index (χ1v) is 11.0. The van der Waals surface area contributed by atoms with Crippen LogP contribution in [0.3, 0.4) is 0 Å². The van der Waals surface area contributed by atoms with Gasteiger partial charge in [0, 0.05) is 22.0 Å². The molecule has 0 saturated heterocycles. The first kappa shape index (κ1) is 18.5. The summed E-state index contributed by atoms with van der Waals surface area (Å²) in [5, 5.41) is 1.21. The summed E-state index contributed by atoms with van der Waals surface area (Å²) in [6.07, 6.45) is 4.47. The zero-order chi connectivity index (χ0) is 19.0. The van der Waals surface area contributed by atoms with Gasteiger partial charge in [0.2, 0.25) is 0 Å². The monoisotopic (exact) mass is 397 g/mol. The molecule has 1 aliphatic carbocycles. The van der Waals surface area contributed by atoms with Gasteiger partial charge in [-0.2, -0.15) is 0 Å². The van der Waals surface area contributed by atoms with Gasteiger partial charge in [-0.15, -0.1) is 11.3 Å². The minimum atomic E-state index is -0.600. The second-order valence-electron chi connectivity index (χ2n) is 7.36. The highest BCUT2D eigenvalue weighted by molar-refractivity contribution is 8.03. The van der Waals surface area contributed by atoms with Gasteiger partial charge < -0.3 is 4.74 Å². The highest BCUT2D eigenvalue weighted by Crippen LogP contribution is 2.44. The molecule has 1 fully saturated rings. The molecule has 0 N–H and O–H groups in total. The van der Waals surface area contributed by atoms with Crippen LogP contribution >= 0.6 is 23.1 Å². The Morgan fingerprint density at radius 2 is 2.07 bits per heavy atom. The molecule has 140 valence electrons. The number of nitrogens with zero attached hydrogens (tertiary/aromatic N) is 1. The number of thioether (sulfide) groups is 1. The fourth-order valence-corrected chi connectivity index (χ4v) is 5.79. The number of pyridine rings is 1. The summed E-state index contributed by atoms with van der Waals surface area (Å²) < 4.78 is 5.72. The SMILES string of the molecule is CCOC(=O)C(C)(C)Sc1ccc(-c2ccnc3ccc(C4CC4)cc23)s1. The number of carbonyl (C=O) groups is 1. The van der Waals surface area contributed by atoms with Crippen molar-refractivity contribution in [3.8, 4) is 10.4 Å². The van der Waals surface area contributed by atoms with Crippen molar-refractivity contribution in [3.05, 3.63) is 48.2 Å². The van der Waals surface area contributed by atoms with E-state index in [0.29, 0.717) is 6.61 Å². The van der Waals surface area contributed by atoms with Crippen LogP contribution in [0.15, 0.2) is 46.8 Å². The van der Waals surface area contributed by atoms with Crippen LogP contribution in [0, 0.1) is 0 Å². The molecule has 3 aromatic rings. The van der Waals surface area contributed by atoms with Crippen molar-refractivity contribution >= 4 is 40.0 Å². The number of hydrogen-bond donors (Lipinski definition) is 0. The van der Waals surface area contributed by atoms with Gasteiger partial charge in [-0.3, -0.25) is 9.78 Å². The van der Waals surface area contributed by atoms with Crippen molar-refractivity contribution < 1.29 is 9.53 Å². The molecule has 5 heteroatoms. The third-order valence-corrected chi connectivity index (χ3v) is 7.21. The van der Waals surface area contributed by atoms with E-state index >= 15 is 0 Å². The first-order chi connectivity index (χ1) is 13.0. The number of benzene rings is 1. The average molecular weight is 398 g/mol. The Morgan fingerprint density at radius 3 is 2.81 bits per heavy atom. The van der Waals surface area contributed by atoms with Crippen molar-refractivity contribution in [2.24, 2.45) is 0 Å². The predicted molar refractivity (Wildman–Crippen MR) is 114 cm³/mol. The topological polar surface area (TPSA) is 39.2 Å². The molecule has 0 amide bonds. The zero-order valence-electron chi connectivity index (χ0n) is 15.8. The quantitative estimate of drug-likeness (QED) is 0.363. The molecule has 1 saturated carbocycles. The first-order valence-electron chi connectivity index (χ1n) is 9.33. The summed E-state index contributed by atoms with van der Waals surface area (Å²) in [4.78, 5) is 17.9. The summed E-state index contributed by atoms with van der Waals surface area (Å²) in [6.45, 7) is 6.08. The van der Waals surface area contributed by atoms with Gasteiger partial charge >= 0.3 is 5.97 Å². The lowest BCUT2D eigenvalue weighted by atomic mass is 10.0. The molecule has 4 rings (SSSR count). The van der Waals surface area contributed by atoms with E-state index in [9.17, 15) is 4.79 Å². The van der Waals surface area contributed by atoms with Gasteiger partial charge in [-0.1, -0.05) is 17.8 Å². The van der Waals surface area contributed by atoms with Gasteiger partial charge in [-0.05, 0) is 75.4 Å². The van der Waals surface area contributed by atoms with Crippen LogP contribution in [0.4, 0.5) is 0 Å². The van der Waals surface area contributed by atoms with Crippen molar-refractivity contribution in [1.82, 2.24) is 4.98 Å². The summed E-state index contributed by atoms with van der Waals surface area (Å²) in [7, 11) is 0. The zero-order valence-corrected chi connectivity index (χ0v) is 17.5. The molecule has 3 nitrogen and oxygen atoms in total. The summed E-state index contributed by atoms with van der Waals surface area (Å²) in [6, 6.07) is 13.0. The standard InChI is InChI=1S/C22H23NO2S2/c1-4-25-21(24)22(2,3)27-20-10-9-19(26-20)16-11-12-23-18-8-7-15(13-17(16)18)14-5-6-14/h7-14H,4-6H2,1-3H3. The van der Waals surface area contributed by atoms with Crippen LogP contribution in [0.1, 0.15) is 45.1 Å². The molecule has 1 aliphatic rings. The van der Waals surface area contributed by atoms with E-state index in [1.807, 2.05) is 27.0 Å². The van der Waals surface area contributed by atoms with Crippen molar-refractivity contribution in [2.75, 3.05) is 6.61 Å².